The predicted molar refractivity (Wildman–Crippen MR) is 86.2 cm³/mol. The van der Waals surface area contributed by atoms with Crippen LogP contribution in [0, 0.1) is 13.8 Å². The second kappa shape index (κ2) is 7.24. The lowest BCUT2D eigenvalue weighted by molar-refractivity contribution is -0.131. The van der Waals surface area contributed by atoms with Crippen molar-refractivity contribution < 1.29 is 13.2 Å². The zero-order valence-corrected chi connectivity index (χ0v) is 14.1. The number of amides is 1. The number of piperidine rings is 1. The number of sulfonamides is 1. The van der Waals surface area contributed by atoms with E-state index >= 15 is 0 Å². The van der Waals surface area contributed by atoms with E-state index < -0.39 is 10.0 Å². The topological polar surface area (TPSA) is 66.5 Å². The quantitative estimate of drug-likeness (QED) is 0.900. The van der Waals surface area contributed by atoms with Crippen molar-refractivity contribution in [2.45, 2.75) is 44.4 Å². The summed E-state index contributed by atoms with van der Waals surface area (Å²) < 4.78 is 27.2. The number of carbonyl (C=O) groups excluding carboxylic acids is 1. The average molecular weight is 324 g/mol. The SMILES string of the molecule is Cc1ccc(C)c(S(=O)(=O)NCCC(=O)N2CCCCC2)c1. The molecule has 0 aromatic heterocycles. The van der Waals surface area contributed by atoms with Gasteiger partial charge in [0.05, 0.1) is 4.90 Å². The number of rotatable bonds is 5. The summed E-state index contributed by atoms with van der Waals surface area (Å²) in [5.41, 5.74) is 1.61. The van der Waals surface area contributed by atoms with E-state index in [0.29, 0.717) is 5.56 Å². The van der Waals surface area contributed by atoms with E-state index in [-0.39, 0.29) is 23.8 Å². The Morgan fingerprint density at radius 2 is 1.86 bits per heavy atom. The van der Waals surface area contributed by atoms with Crippen LogP contribution in [0.15, 0.2) is 23.1 Å². The fraction of sp³-hybridized carbons (Fsp3) is 0.562. The Hall–Kier alpha value is -1.40. The number of likely N-dealkylation sites (tertiary alicyclic amines) is 1. The van der Waals surface area contributed by atoms with Gasteiger partial charge in [0.1, 0.15) is 0 Å². The van der Waals surface area contributed by atoms with E-state index in [4.69, 9.17) is 0 Å². The molecular formula is C16H24N2O3S. The third kappa shape index (κ3) is 4.30. The van der Waals surface area contributed by atoms with Gasteiger partial charge in [0.15, 0.2) is 0 Å². The van der Waals surface area contributed by atoms with Crippen molar-refractivity contribution in [3.8, 4) is 0 Å². The van der Waals surface area contributed by atoms with Crippen LogP contribution in [-0.2, 0) is 14.8 Å². The molecule has 1 N–H and O–H groups in total. The highest BCUT2D eigenvalue weighted by Gasteiger charge is 2.19. The lowest BCUT2D eigenvalue weighted by atomic mass is 10.1. The number of nitrogens with one attached hydrogen (secondary N) is 1. The molecule has 1 saturated heterocycles. The fourth-order valence-corrected chi connectivity index (χ4v) is 4.03. The van der Waals surface area contributed by atoms with Crippen LogP contribution in [0.2, 0.25) is 0 Å². The van der Waals surface area contributed by atoms with E-state index in [1.165, 1.54) is 6.42 Å². The van der Waals surface area contributed by atoms with Crippen LogP contribution in [0.3, 0.4) is 0 Å². The minimum atomic E-state index is -3.56. The normalized spacial score (nSPS) is 15.8. The minimum absolute atomic E-state index is 0.0309. The lowest BCUT2D eigenvalue weighted by Crippen LogP contribution is -2.37. The number of hydrogen-bond donors (Lipinski definition) is 1. The summed E-state index contributed by atoms with van der Waals surface area (Å²) >= 11 is 0. The Labute approximate surface area is 132 Å². The molecule has 0 aliphatic carbocycles. The zero-order chi connectivity index (χ0) is 16.2. The van der Waals surface area contributed by atoms with Crippen LogP contribution >= 0.6 is 0 Å². The van der Waals surface area contributed by atoms with Crippen LogP contribution in [0.5, 0.6) is 0 Å². The maximum atomic E-state index is 12.3. The molecule has 2 rings (SSSR count). The number of carbonyl (C=O) groups is 1. The predicted octanol–water partition coefficient (Wildman–Crippen LogP) is 1.98. The van der Waals surface area contributed by atoms with Gasteiger partial charge in [0, 0.05) is 26.1 Å². The van der Waals surface area contributed by atoms with E-state index in [9.17, 15) is 13.2 Å². The molecule has 0 radical (unpaired) electrons. The summed E-state index contributed by atoms with van der Waals surface area (Å²) in [6, 6.07) is 5.33. The smallest absolute Gasteiger partial charge is 0.240 e. The summed E-state index contributed by atoms with van der Waals surface area (Å²) in [5.74, 6) is 0.0309. The number of benzene rings is 1. The number of aryl methyl sites for hydroxylation is 2. The summed E-state index contributed by atoms with van der Waals surface area (Å²) in [7, 11) is -3.56. The van der Waals surface area contributed by atoms with Gasteiger partial charge in [-0.2, -0.15) is 0 Å². The van der Waals surface area contributed by atoms with Gasteiger partial charge in [-0.05, 0) is 50.3 Å². The van der Waals surface area contributed by atoms with Gasteiger partial charge in [0.2, 0.25) is 15.9 Å². The summed E-state index contributed by atoms with van der Waals surface area (Å²) in [4.78, 5) is 14.2. The second-order valence-corrected chi connectivity index (χ2v) is 7.59. The number of hydrogen-bond acceptors (Lipinski definition) is 3. The third-order valence-corrected chi connectivity index (χ3v) is 5.58. The van der Waals surface area contributed by atoms with Gasteiger partial charge < -0.3 is 4.90 Å². The van der Waals surface area contributed by atoms with Gasteiger partial charge in [-0.15, -0.1) is 0 Å². The molecule has 1 aliphatic heterocycles. The van der Waals surface area contributed by atoms with Crippen LogP contribution < -0.4 is 4.72 Å². The molecule has 122 valence electrons. The monoisotopic (exact) mass is 324 g/mol. The Bertz CT molecular complexity index is 635. The molecule has 0 bridgehead atoms. The molecule has 1 heterocycles. The standard InChI is InChI=1S/C16H24N2O3S/c1-13-6-7-14(2)15(12-13)22(20,21)17-9-8-16(19)18-10-4-3-5-11-18/h6-7,12,17H,3-5,8-11H2,1-2H3. The van der Waals surface area contributed by atoms with Crippen LogP contribution in [-0.4, -0.2) is 38.9 Å². The molecule has 0 atom stereocenters. The van der Waals surface area contributed by atoms with E-state index in [2.05, 4.69) is 4.72 Å². The Balaban J connectivity index is 1.92. The lowest BCUT2D eigenvalue weighted by Gasteiger charge is -2.26. The first kappa shape index (κ1) is 17.0. The summed E-state index contributed by atoms with van der Waals surface area (Å²) in [6.07, 6.45) is 3.47. The van der Waals surface area contributed by atoms with Crippen LogP contribution in [0.1, 0.15) is 36.8 Å². The maximum Gasteiger partial charge on any atom is 0.240 e. The van der Waals surface area contributed by atoms with Gasteiger partial charge >= 0.3 is 0 Å². The first-order valence-electron chi connectivity index (χ1n) is 7.75. The molecule has 1 aromatic rings. The maximum absolute atomic E-state index is 12.3. The van der Waals surface area contributed by atoms with E-state index in [0.717, 1.165) is 31.5 Å². The first-order chi connectivity index (χ1) is 10.4. The highest BCUT2D eigenvalue weighted by molar-refractivity contribution is 7.89. The molecule has 6 heteroatoms. The molecule has 0 unspecified atom stereocenters. The van der Waals surface area contributed by atoms with Crippen molar-refractivity contribution in [3.05, 3.63) is 29.3 Å². The third-order valence-electron chi connectivity index (χ3n) is 3.97. The Kier molecular flexibility index (Phi) is 5.58. The van der Waals surface area contributed by atoms with Crippen molar-refractivity contribution in [1.82, 2.24) is 9.62 Å². The molecule has 1 aromatic carbocycles. The minimum Gasteiger partial charge on any atom is -0.343 e. The molecule has 0 spiro atoms. The molecule has 1 aliphatic rings. The van der Waals surface area contributed by atoms with Crippen molar-refractivity contribution >= 4 is 15.9 Å². The molecule has 1 amide bonds. The van der Waals surface area contributed by atoms with Crippen molar-refractivity contribution in [3.63, 3.8) is 0 Å². The molecule has 1 fully saturated rings. The highest BCUT2D eigenvalue weighted by atomic mass is 32.2. The van der Waals surface area contributed by atoms with Gasteiger partial charge in [-0.25, -0.2) is 13.1 Å². The molecule has 22 heavy (non-hydrogen) atoms. The Morgan fingerprint density at radius 3 is 2.55 bits per heavy atom. The van der Waals surface area contributed by atoms with Gasteiger partial charge in [-0.1, -0.05) is 12.1 Å². The van der Waals surface area contributed by atoms with Gasteiger partial charge in [-0.3, -0.25) is 4.79 Å². The molecular weight excluding hydrogens is 300 g/mol. The second-order valence-electron chi connectivity index (χ2n) is 5.86. The summed E-state index contributed by atoms with van der Waals surface area (Å²) in [6.45, 7) is 5.36. The molecule has 5 nitrogen and oxygen atoms in total. The van der Waals surface area contributed by atoms with Crippen LogP contribution in [0.25, 0.3) is 0 Å². The summed E-state index contributed by atoms with van der Waals surface area (Å²) in [5, 5.41) is 0. The van der Waals surface area contributed by atoms with Crippen LogP contribution in [0.4, 0.5) is 0 Å². The molecule has 0 saturated carbocycles. The van der Waals surface area contributed by atoms with E-state index in [1.807, 2.05) is 17.9 Å². The zero-order valence-electron chi connectivity index (χ0n) is 13.3. The number of nitrogens with zero attached hydrogens (tertiary/aromatic N) is 1. The Morgan fingerprint density at radius 1 is 1.18 bits per heavy atom. The first-order valence-corrected chi connectivity index (χ1v) is 9.23. The van der Waals surface area contributed by atoms with E-state index in [1.54, 1.807) is 19.1 Å². The van der Waals surface area contributed by atoms with Crippen molar-refractivity contribution in [1.29, 1.82) is 0 Å². The average Bonchev–Trinajstić information content (AvgIpc) is 2.50. The largest absolute Gasteiger partial charge is 0.343 e. The van der Waals surface area contributed by atoms with Crippen molar-refractivity contribution in [2.24, 2.45) is 0 Å². The van der Waals surface area contributed by atoms with Crippen molar-refractivity contribution in [2.75, 3.05) is 19.6 Å². The van der Waals surface area contributed by atoms with Gasteiger partial charge in [0.25, 0.3) is 0 Å². The fourth-order valence-electron chi connectivity index (χ4n) is 2.67. The highest BCUT2D eigenvalue weighted by Crippen LogP contribution is 2.16.